The van der Waals surface area contributed by atoms with E-state index in [0.29, 0.717) is 31.7 Å². The summed E-state index contributed by atoms with van der Waals surface area (Å²) in [4.78, 5) is 18.5. The summed E-state index contributed by atoms with van der Waals surface area (Å²) in [5.41, 5.74) is 1.83. The molecule has 0 saturated carbocycles. The third-order valence-electron chi connectivity index (χ3n) is 5.16. The molecular weight excluding hydrogens is 352 g/mol. The number of carbonyl (C=O) groups is 1. The van der Waals surface area contributed by atoms with Crippen LogP contribution in [0.5, 0.6) is 0 Å². The Bertz CT molecular complexity index is 608. The first-order valence-electron chi connectivity index (χ1n) is 9.67. The van der Waals surface area contributed by atoms with E-state index in [-0.39, 0.29) is 24.7 Å². The highest BCUT2D eigenvalue weighted by Gasteiger charge is 2.24. The van der Waals surface area contributed by atoms with Gasteiger partial charge in [0.05, 0.1) is 18.8 Å². The Balaban J connectivity index is 1.52. The van der Waals surface area contributed by atoms with Crippen LogP contribution in [0.2, 0.25) is 0 Å². The van der Waals surface area contributed by atoms with Gasteiger partial charge in [0.1, 0.15) is 0 Å². The van der Waals surface area contributed by atoms with Crippen molar-refractivity contribution < 1.29 is 18.3 Å². The number of ether oxygens (including phenoxy) is 1. The molecular formula is C20H29F2N3O2. The molecule has 3 rings (SSSR count). The van der Waals surface area contributed by atoms with E-state index >= 15 is 0 Å². The lowest BCUT2D eigenvalue weighted by Crippen LogP contribution is -2.49. The molecule has 2 aliphatic rings. The SMILES string of the molecule is CC1CN(Cc2ccc(C(=O)N3CCN(CC(F)F)CC3)cc2)CC(C)O1. The van der Waals surface area contributed by atoms with Crippen molar-refractivity contribution in [2.24, 2.45) is 0 Å². The predicted molar refractivity (Wildman–Crippen MR) is 100 cm³/mol. The summed E-state index contributed by atoms with van der Waals surface area (Å²) < 4.78 is 30.7. The van der Waals surface area contributed by atoms with Crippen molar-refractivity contribution in [3.8, 4) is 0 Å². The third kappa shape index (κ3) is 5.70. The van der Waals surface area contributed by atoms with Gasteiger partial charge in [0.15, 0.2) is 0 Å². The first kappa shape index (κ1) is 20.2. The van der Waals surface area contributed by atoms with Crippen molar-refractivity contribution in [2.75, 3.05) is 45.8 Å². The molecule has 2 unspecified atom stereocenters. The molecule has 0 aliphatic carbocycles. The van der Waals surface area contributed by atoms with Crippen molar-refractivity contribution in [1.82, 2.24) is 14.7 Å². The Hall–Kier alpha value is -1.57. The van der Waals surface area contributed by atoms with Gasteiger partial charge in [-0.25, -0.2) is 8.78 Å². The summed E-state index contributed by atoms with van der Waals surface area (Å²) in [6, 6.07) is 7.75. The fourth-order valence-electron chi connectivity index (χ4n) is 3.94. The van der Waals surface area contributed by atoms with Crippen LogP contribution in [0.25, 0.3) is 0 Å². The molecule has 1 aromatic rings. The smallest absolute Gasteiger partial charge is 0.253 e. The van der Waals surface area contributed by atoms with E-state index in [2.05, 4.69) is 18.7 Å². The minimum Gasteiger partial charge on any atom is -0.373 e. The summed E-state index contributed by atoms with van der Waals surface area (Å²) in [6.45, 7) is 8.63. The molecule has 0 spiro atoms. The Labute approximate surface area is 159 Å². The summed E-state index contributed by atoms with van der Waals surface area (Å²) in [7, 11) is 0. The molecule has 0 bridgehead atoms. The van der Waals surface area contributed by atoms with Gasteiger partial charge in [0.2, 0.25) is 0 Å². The molecule has 5 nitrogen and oxygen atoms in total. The zero-order chi connectivity index (χ0) is 19.4. The van der Waals surface area contributed by atoms with E-state index in [1.54, 1.807) is 9.80 Å². The highest BCUT2D eigenvalue weighted by Crippen LogP contribution is 2.16. The van der Waals surface area contributed by atoms with E-state index in [1.807, 2.05) is 24.3 Å². The van der Waals surface area contributed by atoms with Crippen molar-refractivity contribution >= 4 is 5.91 Å². The number of nitrogens with zero attached hydrogens (tertiary/aromatic N) is 3. The van der Waals surface area contributed by atoms with E-state index in [9.17, 15) is 13.6 Å². The van der Waals surface area contributed by atoms with Crippen molar-refractivity contribution in [3.63, 3.8) is 0 Å². The average Bonchev–Trinajstić information content (AvgIpc) is 2.61. The topological polar surface area (TPSA) is 36.0 Å². The normalized spacial score (nSPS) is 25.1. The van der Waals surface area contributed by atoms with Crippen LogP contribution in [0.3, 0.4) is 0 Å². The van der Waals surface area contributed by atoms with Crippen LogP contribution < -0.4 is 0 Å². The number of hydrogen-bond acceptors (Lipinski definition) is 4. The molecule has 150 valence electrons. The molecule has 2 aliphatic heterocycles. The summed E-state index contributed by atoms with van der Waals surface area (Å²) in [6.07, 6.45) is -1.85. The number of carbonyl (C=O) groups excluding carboxylic acids is 1. The van der Waals surface area contributed by atoms with E-state index in [1.165, 1.54) is 5.56 Å². The van der Waals surface area contributed by atoms with Gasteiger partial charge in [0, 0.05) is 51.4 Å². The number of alkyl halides is 2. The van der Waals surface area contributed by atoms with Crippen LogP contribution >= 0.6 is 0 Å². The monoisotopic (exact) mass is 381 g/mol. The maximum atomic E-state index is 12.6. The number of benzene rings is 1. The van der Waals surface area contributed by atoms with E-state index in [0.717, 1.165) is 19.6 Å². The van der Waals surface area contributed by atoms with E-state index in [4.69, 9.17) is 4.74 Å². The highest BCUT2D eigenvalue weighted by atomic mass is 19.3. The Morgan fingerprint density at radius 3 is 2.19 bits per heavy atom. The van der Waals surface area contributed by atoms with Gasteiger partial charge >= 0.3 is 0 Å². The quantitative estimate of drug-likeness (QED) is 0.784. The number of amides is 1. The van der Waals surface area contributed by atoms with Crippen LogP contribution in [0.15, 0.2) is 24.3 Å². The second-order valence-corrected chi connectivity index (χ2v) is 7.63. The lowest BCUT2D eigenvalue weighted by molar-refractivity contribution is -0.0704. The average molecular weight is 381 g/mol. The lowest BCUT2D eigenvalue weighted by Gasteiger charge is -2.35. The van der Waals surface area contributed by atoms with Crippen LogP contribution in [0.1, 0.15) is 29.8 Å². The van der Waals surface area contributed by atoms with Crippen molar-refractivity contribution in [3.05, 3.63) is 35.4 Å². The minimum atomic E-state index is -2.32. The summed E-state index contributed by atoms with van der Waals surface area (Å²) in [5, 5.41) is 0. The van der Waals surface area contributed by atoms with Crippen LogP contribution in [-0.2, 0) is 11.3 Å². The first-order chi connectivity index (χ1) is 12.9. The van der Waals surface area contributed by atoms with Gasteiger partial charge in [-0.2, -0.15) is 0 Å². The van der Waals surface area contributed by atoms with Crippen molar-refractivity contribution in [2.45, 2.75) is 39.0 Å². The Kier molecular flexibility index (Phi) is 6.78. The first-order valence-corrected chi connectivity index (χ1v) is 9.67. The zero-order valence-electron chi connectivity index (χ0n) is 16.1. The molecule has 2 atom stereocenters. The lowest BCUT2D eigenvalue weighted by atomic mass is 10.1. The second-order valence-electron chi connectivity index (χ2n) is 7.63. The van der Waals surface area contributed by atoms with Gasteiger partial charge < -0.3 is 9.64 Å². The van der Waals surface area contributed by atoms with E-state index < -0.39 is 6.43 Å². The molecule has 7 heteroatoms. The largest absolute Gasteiger partial charge is 0.373 e. The number of piperazine rings is 1. The van der Waals surface area contributed by atoms with Crippen LogP contribution in [0.4, 0.5) is 8.78 Å². The third-order valence-corrected chi connectivity index (χ3v) is 5.16. The number of halogens is 2. The molecule has 2 heterocycles. The van der Waals surface area contributed by atoms with Crippen LogP contribution in [0, 0.1) is 0 Å². The molecule has 0 aromatic heterocycles. The van der Waals surface area contributed by atoms with Gasteiger partial charge in [-0.05, 0) is 31.5 Å². The molecule has 0 radical (unpaired) electrons. The predicted octanol–water partition coefficient (Wildman–Crippen LogP) is 2.32. The highest BCUT2D eigenvalue weighted by molar-refractivity contribution is 5.94. The van der Waals surface area contributed by atoms with Crippen LogP contribution in [-0.4, -0.2) is 85.1 Å². The second kappa shape index (κ2) is 9.08. The van der Waals surface area contributed by atoms with Gasteiger partial charge in [-0.3, -0.25) is 14.6 Å². The van der Waals surface area contributed by atoms with Crippen molar-refractivity contribution in [1.29, 1.82) is 0 Å². The maximum absolute atomic E-state index is 12.6. The fourth-order valence-corrected chi connectivity index (χ4v) is 3.94. The molecule has 1 aromatic carbocycles. The summed E-state index contributed by atoms with van der Waals surface area (Å²) in [5.74, 6) is -0.0214. The number of hydrogen-bond donors (Lipinski definition) is 0. The van der Waals surface area contributed by atoms with Gasteiger partial charge in [-0.1, -0.05) is 12.1 Å². The number of morpholine rings is 1. The fraction of sp³-hybridized carbons (Fsp3) is 0.650. The summed E-state index contributed by atoms with van der Waals surface area (Å²) >= 11 is 0. The van der Waals surface area contributed by atoms with Gasteiger partial charge in [0.25, 0.3) is 12.3 Å². The molecule has 2 saturated heterocycles. The standard InChI is InChI=1S/C20H29F2N3O2/c1-15-11-24(12-16(2)27-15)13-17-3-5-18(6-4-17)20(26)25-9-7-23(8-10-25)14-19(21)22/h3-6,15-16,19H,7-14H2,1-2H3. The number of rotatable bonds is 5. The molecule has 0 N–H and O–H groups in total. The van der Waals surface area contributed by atoms with Gasteiger partial charge in [-0.15, -0.1) is 0 Å². The maximum Gasteiger partial charge on any atom is 0.253 e. The molecule has 1 amide bonds. The Morgan fingerprint density at radius 2 is 1.63 bits per heavy atom. The minimum absolute atomic E-state index is 0.0214. The molecule has 27 heavy (non-hydrogen) atoms. The molecule has 2 fully saturated rings. The zero-order valence-corrected chi connectivity index (χ0v) is 16.1. The Morgan fingerprint density at radius 1 is 1.04 bits per heavy atom.